The molecule has 0 saturated heterocycles. The van der Waals surface area contributed by atoms with Crippen molar-refractivity contribution < 1.29 is 14.3 Å². The van der Waals surface area contributed by atoms with Crippen LogP contribution < -0.4 is 26.0 Å². The molecular formula is C24H20ClN7O3. The number of rotatable bonds is 8. The summed E-state index contributed by atoms with van der Waals surface area (Å²) in [4.78, 5) is 28.4. The summed E-state index contributed by atoms with van der Waals surface area (Å²) in [6.45, 7) is 0.575. The monoisotopic (exact) mass is 489 g/mol. The Bertz CT molecular complexity index is 1280. The summed E-state index contributed by atoms with van der Waals surface area (Å²) < 4.78 is 5.74. The Hall–Kier alpha value is -4.80. The molecule has 11 heteroatoms. The van der Waals surface area contributed by atoms with Gasteiger partial charge < -0.3 is 20.7 Å². The van der Waals surface area contributed by atoms with Crippen molar-refractivity contribution in [1.82, 2.24) is 10.3 Å². The van der Waals surface area contributed by atoms with Crippen molar-refractivity contribution in [3.8, 4) is 17.9 Å². The number of urea groups is 2. The van der Waals surface area contributed by atoms with Gasteiger partial charge in [-0.2, -0.15) is 10.5 Å². The maximum Gasteiger partial charge on any atom is 0.324 e. The minimum Gasteiger partial charge on any atom is -0.491 e. The number of ether oxygens (including phenoxy) is 1. The zero-order valence-corrected chi connectivity index (χ0v) is 19.1. The number of nitriles is 2. The van der Waals surface area contributed by atoms with Gasteiger partial charge >= 0.3 is 12.1 Å². The van der Waals surface area contributed by atoms with Crippen molar-refractivity contribution in [1.29, 1.82) is 10.5 Å². The zero-order chi connectivity index (χ0) is 25.0. The molecule has 10 nitrogen and oxygen atoms in total. The Labute approximate surface area is 206 Å². The molecule has 0 atom stereocenters. The first-order valence-electron chi connectivity index (χ1n) is 10.4. The lowest BCUT2D eigenvalue weighted by molar-refractivity contribution is 0.250. The maximum absolute atomic E-state index is 12.3. The fourth-order valence-corrected chi connectivity index (χ4v) is 3.01. The van der Waals surface area contributed by atoms with E-state index >= 15 is 0 Å². The van der Waals surface area contributed by atoms with Gasteiger partial charge in [0.05, 0.1) is 29.1 Å². The minimum absolute atomic E-state index is 0.254. The highest BCUT2D eigenvalue weighted by Gasteiger charge is 2.11. The number of aromatic nitrogens is 1. The van der Waals surface area contributed by atoms with E-state index in [-0.39, 0.29) is 12.4 Å². The molecule has 1 heterocycles. The van der Waals surface area contributed by atoms with E-state index in [9.17, 15) is 9.59 Å². The van der Waals surface area contributed by atoms with Gasteiger partial charge in [-0.3, -0.25) is 5.32 Å². The lowest BCUT2D eigenvalue weighted by atomic mass is 10.2. The first kappa shape index (κ1) is 24.8. The molecule has 0 spiro atoms. The van der Waals surface area contributed by atoms with Crippen LogP contribution in [-0.2, 0) is 0 Å². The molecule has 0 fully saturated rings. The predicted molar refractivity (Wildman–Crippen MR) is 131 cm³/mol. The van der Waals surface area contributed by atoms with Gasteiger partial charge in [0.15, 0.2) is 0 Å². The summed E-state index contributed by atoms with van der Waals surface area (Å²) in [5, 5.41) is 28.8. The number of benzene rings is 2. The number of para-hydroxylation sites is 1. The Morgan fingerprint density at radius 3 is 2.49 bits per heavy atom. The largest absolute Gasteiger partial charge is 0.491 e. The number of pyridine rings is 1. The third-order valence-corrected chi connectivity index (χ3v) is 4.72. The first-order valence-corrected chi connectivity index (χ1v) is 10.8. The number of amides is 4. The highest BCUT2D eigenvalue weighted by atomic mass is 35.5. The van der Waals surface area contributed by atoms with E-state index in [2.05, 4.69) is 26.3 Å². The van der Waals surface area contributed by atoms with Gasteiger partial charge in [-0.1, -0.05) is 23.7 Å². The predicted octanol–water partition coefficient (Wildman–Crippen LogP) is 4.71. The number of carbonyl (C=O) groups is 2. The van der Waals surface area contributed by atoms with Crippen molar-refractivity contribution in [3.63, 3.8) is 0 Å². The molecule has 0 radical (unpaired) electrons. The number of halogens is 1. The van der Waals surface area contributed by atoms with Crippen molar-refractivity contribution in [3.05, 3.63) is 76.9 Å². The number of nitrogens with zero attached hydrogens (tertiary/aromatic N) is 3. The average Bonchev–Trinajstić information content (AvgIpc) is 2.85. The first-order chi connectivity index (χ1) is 17.0. The quantitative estimate of drug-likeness (QED) is 0.336. The van der Waals surface area contributed by atoms with E-state index in [4.69, 9.17) is 26.9 Å². The second-order valence-corrected chi connectivity index (χ2v) is 7.44. The summed E-state index contributed by atoms with van der Waals surface area (Å²) in [5.41, 5.74) is 1.52. The number of nitrogens with one attached hydrogen (secondary N) is 4. The molecule has 35 heavy (non-hydrogen) atoms. The van der Waals surface area contributed by atoms with Gasteiger partial charge in [-0.25, -0.2) is 14.6 Å². The highest BCUT2D eigenvalue weighted by molar-refractivity contribution is 6.31. The zero-order valence-electron chi connectivity index (χ0n) is 18.3. The molecule has 0 unspecified atom stereocenters. The molecule has 3 aromatic rings. The van der Waals surface area contributed by atoms with Crippen molar-refractivity contribution in [2.24, 2.45) is 0 Å². The van der Waals surface area contributed by atoms with Gasteiger partial charge in [0.25, 0.3) is 0 Å². The number of hydrogen-bond donors (Lipinski definition) is 4. The number of carbonyl (C=O) groups excluding carboxylic acids is 2. The van der Waals surface area contributed by atoms with Gasteiger partial charge in [0.2, 0.25) is 0 Å². The fraction of sp³-hybridized carbons (Fsp3) is 0.125. The normalized spacial score (nSPS) is 9.80. The van der Waals surface area contributed by atoms with Crippen LogP contribution in [0.2, 0.25) is 5.02 Å². The molecule has 0 saturated carbocycles. The van der Waals surface area contributed by atoms with Crippen LogP contribution in [0.25, 0.3) is 0 Å². The second kappa shape index (κ2) is 12.4. The van der Waals surface area contributed by atoms with Gasteiger partial charge in [-0.15, -0.1) is 0 Å². The summed E-state index contributed by atoms with van der Waals surface area (Å²) >= 11 is 6.06. The summed E-state index contributed by atoms with van der Waals surface area (Å²) in [6.07, 6.45) is 1.83. The highest BCUT2D eigenvalue weighted by Crippen LogP contribution is 2.28. The Kier molecular flexibility index (Phi) is 8.83. The lowest BCUT2D eigenvalue weighted by Gasteiger charge is -2.14. The number of hydrogen-bond acceptors (Lipinski definition) is 6. The van der Waals surface area contributed by atoms with Crippen LogP contribution in [0.15, 0.2) is 60.8 Å². The standard InChI is InChI=1S/C24H20ClN7O3/c25-18-7-8-21(20(12-18)31-24(34)32-22-9-6-16(13-26)15-29-22)35-11-3-10-28-23(33)30-19-5-2-1-4-17(19)14-27/h1-2,4-9,12,15H,3,10-11H2,(H2,28,30,33)(H2,29,31,32,34). The minimum atomic E-state index is -0.565. The van der Waals surface area contributed by atoms with E-state index in [0.29, 0.717) is 46.2 Å². The summed E-state index contributed by atoms with van der Waals surface area (Å²) in [6, 6.07) is 17.5. The van der Waals surface area contributed by atoms with Crippen molar-refractivity contribution >= 4 is 40.9 Å². The second-order valence-electron chi connectivity index (χ2n) is 7.00. The van der Waals surface area contributed by atoms with Crippen LogP contribution in [0.5, 0.6) is 5.75 Å². The molecule has 176 valence electrons. The molecule has 3 rings (SSSR count). The Morgan fingerprint density at radius 1 is 0.943 bits per heavy atom. The van der Waals surface area contributed by atoms with Crippen LogP contribution in [0, 0.1) is 22.7 Å². The Morgan fingerprint density at radius 2 is 1.74 bits per heavy atom. The van der Waals surface area contributed by atoms with Crippen LogP contribution in [0.4, 0.5) is 26.8 Å². The summed E-state index contributed by atoms with van der Waals surface area (Å²) in [5.74, 6) is 0.664. The molecule has 4 N–H and O–H groups in total. The topological polar surface area (TPSA) is 152 Å². The lowest BCUT2D eigenvalue weighted by Crippen LogP contribution is -2.30. The van der Waals surface area contributed by atoms with E-state index in [0.717, 1.165) is 0 Å². The fourth-order valence-electron chi connectivity index (χ4n) is 2.84. The number of anilines is 3. The van der Waals surface area contributed by atoms with E-state index in [1.807, 2.05) is 12.1 Å². The van der Waals surface area contributed by atoms with E-state index < -0.39 is 12.1 Å². The molecule has 4 amide bonds. The van der Waals surface area contributed by atoms with Gasteiger partial charge in [0, 0.05) is 17.8 Å². The van der Waals surface area contributed by atoms with Crippen molar-refractivity contribution in [2.45, 2.75) is 6.42 Å². The maximum atomic E-state index is 12.3. The SMILES string of the molecule is N#Cc1ccc(NC(=O)Nc2cc(Cl)ccc2OCCCNC(=O)Nc2ccccc2C#N)nc1. The molecule has 0 aliphatic carbocycles. The van der Waals surface area contributed by atoms with E-state index in [1.165, 1.54) is 18.3 Å². The molecule has 0 aliphatic heterocycles. The van der Waals surface area contributed by atoms with Crippen LogP contribution in [0.1, 0.15) is 17.5 Å². The average molecular weight is 490 g/mol. The molecule has 0 aliphatic rings. The third kappa shape index (κ3) is 7.63. The van der Waals surface area contributed by atoms with Crippen LogP contribution in [-0.4, -0.2) is 30.2 Å². The summed E-state index contributed by atoms with van der Waals surface area (Å²) in [7, 11) is 0. The van der Waals surface area contributed by atoms with Crippen molar-refractivity contribution in [2.75, 3.05) is 29.1 Å². The Balaban J connectivity index is 1.47. The van der Waals surface area contributed by atoms with Gasteiger partial charge in [-0.05, 0) is 48.9 Å². The third-order valence-electron chi connectivity index (χ3n) is 4.48. The molecule has 0 bridgehead atoms. The van der Waals surface area contributed by atoms with Crippen LogP contribution in [0.3, 0.4) is 0 Å². The molecule has 2 aromatic carbocycles. The van der Waals surface area contributed by atoms with E-state index in [1.54, 1.807) is 42.5 Å². The van der Waals surface area contributed by atoms with Gasteiger partial charge in [0.1, 0.15) is 23.7 Å². The smallest absolute Gasteiger partial charge is 0.324 e. The molecule has 1 aromatic heterocycles. The van der Waals surface area contributed by atoms with Crippen LogP contribution >= 0.6 is 11.6 Å². The molecular weight excluding hydrogens is 470 g/mol.